The summed E-state index contributed by atoms with van der Waals surface area (Å²) < 4.78 is 0.538. The molecule has 0 N–H and O–H groups in total. The van der Waals surface area contributed by atoms with Crippen molar-refractivity contribution in [1.29, 1.82) is 0 Å². The lowest BCUT2D eigenvalue weighted by molar-refractivity contribution is 0.104. The molecule has 1 aliphatic rings. The molecule has 1 fully saturated rings. The predicted molar refractivity (Wildman–Crippen MR) is 66.9 cm³/mol. The number of halogens is 1. The van der Waals surface area contributed by atoms with Crippen molar-refractivity contribution in [2.45, 2.75) is 26.4 Å². The number of rotatable bonds is 3. The van der Waals surface area contributed by atoms with Gasteiger partial charge >= 0.3 is 0 Å². The Balaban J connectivity index is 1.81. The van der Waals surface area contributed by atoms with Gasteiger partial charge in [0.2, 0.25) is 4.47 Å². The number of hydrogen-bond acceptors (Lipinski definition) is 5. The summed E-state index contributed by atoms with van der Waals surface area (Å²) in [4.78, 5) is 4.92. The maximum Gasteiger partial charge on any atom is 0.207 e. The minimum Gasteiger partial charge on any atom is -0.298 e. The van der Waals surface area contributed by atoms with Gasteiger partial charge in [-0.25, -0.2) is 0 Å². The normalized spacial score (nSPS) is 19.5. The molecule has 1 saturated heterocycles. The molecule has 1 aromatic heterocycles. The van der Waals surface area contributed by atoms with Crippen molar-refractivity contribution in [2.75, 3.05) is 26.2 Å². The third kappa shape index (κ3) is 3.13. The van der Waals surface area contributed by atoms with Gasteiger partial charge in [-0.2, -0.15) is 0 Å². The Kier molecular flexibility index (Phi) is 4.13. The lowest BCUT2D eigenvalue weighted by atomic mass is 10.2. The van der Waals surface area contributed by atoms with Gasteiger partial charge < -0.3 is 0 Å². The van der Waals surface area contributed by atoms with Crippen molar-refractivity contribution in [1.82, 2.24) is 20.0 Å². The van der Waals surface area contributed by atoms with E-state index in [2.05, 4.69) is 33.8 Å². The monoisotopic (exact) mass is 260 g/mol. The molecule has 0 unspecified atom stereocenters. The van der Waals surface area contributed by atoms with Gasteiger partial charge in [-0.05, 0) is 25.4 Å². The third-order valence-corrected chi connectivity index (χ3v) is 3.94. The number of hydrogen-bond donors (Lipinski definition) is 0. The highest BCUT2D eigenvalue weighted by molar-refractivity contribution is 7.15. The van der Waals surface area contributed by atoms with Gasteiger partial charge in [0.05, 0.1) is 6.54 Å². The van der Waals surface area contributed by atoms with Crippen molar-refractivity contribution >= 4 is 22.9 Å². The fourth-order valence-electron chi connectivity index (χ4n) is 1.93. The van der Waals surface area contributed by atoms with E-state index in [-0.39, 0.29) is 0 Å². The smallest absolute Gasteiger partial charge is 0.207 e. The number of aromatic nitrogens is 2. The van der Waals surface area contributed by atoms with E-state index in [1.807, 2.05) is 0 Å². The van der Waals surface area contributed by atoms with Crippen LogP contribution in [0.3, 0.4) is 0 Å². The Morgan fingerprint density at radius 2 is 1.94 bits per heavy atom. The van der Waals surface area contributed by atoms with Gasteiger partial charge in [-0.15, -0.1) is 10.2 Å². The summed E-state index contributed by atoms with van der Waals surface area (Å²) in [6, 6.07) is 0.651. The largest absolute Gasteiger partial charge is 0.298 e. The third-order valence-electron chi connectivity index (χ3n) is 2.94. The van der Waals surface area contributed by atoms with Crippen LogP contribution in [0, 0.1) is 0 Å². The highest BCUT2D eigenvalue weighted by atomic mass is 35.5. The van der Waals surface area contributed by atoms with Gasteiger partial charge in [0.15, 0.2) is 0 Å². The molecule has 4 nitrogen and oxygen atoms in total. The first-order chi connectivity index (χ1) is 7.65. The molecule has 90 valence electrons. The van der Waals surface area contributed by atoms with Crippen molar-refractivity contribution in [3.05, 3.63) is 9.47 Å². The SMILES string of the molecule is CC(C)N1CCN(Cc2nnc(Cl)s2)CC1. The van der Waals surface area contributed by atoms with Crippen LogP contribution in [0.15, 0.2) is 0 Å². The molecular weight excluding hydrogens is 244 g/mol. The van der Waals surface area contributed by atoms with Crippen molar-refractivity contribution in [3.63, 3.8) is 0 Å². The summed E-state index contributed by atoms with van der Waals surface area (Å²) >= 11 is 7.24. The Morgan fingerprint density at radius 1 is 1.25 bits per heavy atom. The molecule has 0 saturated carbocycles. The summed E-state index contributed by atoms with van der Waals surface area (Å²) in [6.07, 6.45) is 0. The Morgan fingerprint density at radius 3 is 2.44 bits per heavy atom. The van der Waals surface area contributed by atoms with Gasteiger partial charge in [0.1, 0.15) is 5.01 Å². The molecule has 16 heavy (non-hydrogen) atoms. The van der Waals surface area contributed by atoms with Gasteiger partial charge in [0.25, 0.3) is 0 Å². The van der Waals surface area contributed by atoms with Crippen LogP contribution >= 0.6 is 22.9 Å². The van der Waals surface area contributed by atoms with E-state index in [1.54, 1.807) is 0 Å². The topological polar surface area (TPSA) is 32.3 Å². The van der Waals surface area contributed by atoms with E-state index in [0.717, 1.165) is 37.7 Å². The average molecular weight is 261 g/mol. The van der Waals surface area contributed by atoms with E-state index < -0.39 is 0 Å². The summed E-state index contributed by atoms with van der Waals surface area (Å²) in [7, 11) is 0. The predicted octanol–water partition coefficient (Wildman–Crippen LogP) is 1.72. The van der Waals surface area contributed by atoms with E-state index in [1.165, 1.54) is 11.3 Å². The summed E-state index contributed by atoms with van der Waals surface area (Å²) in [5.41, 5.74) is 0. The second-order valence-corrected chi connectivity index (χ2v) is 6.00. The summed E-state index contributed by atoms with van der Waals surface area (Å²) in [6.45, 7) is 9.88. The number of piperazine rings is 1. The molecule has 0 amide bonds. The fourth-order valence-corrected chi connectivity index (χ4v) is 2.84. The second kappa shape index (κ2) is 5.40. The Hall–Kier alpha value is -0.230. The lowest BCUT2D eigenvalue weighted by Crippen LogP contribution is -2.48. The van der Waals surface area contributed by atoms with Crippen LogP contribution in [0.25, 0.3) is 0 Å². The second-order valence-electron chi connectivity index (χ2n) is 4.35. The first-order valence-corrected chi connectivity index (χ1v) is 6.79. The molecule has 1 aliphatic heterocycles. The standard InChI is InChI=1S/C10H17ClN4S/c1-8(2)15-5-3-14(4-6-15)7-9-12-13-10(11)16-9/h8H,3-7H2,1-2H3. The van der Waals surface area contributed by atoms with Crippen LogP contribution in [-0.2, 0) is 6.54 Å². The number of nitrogens with zero attached hydrogens (tertiary/aromatic N) is 4. The van der Waals surface area contributed by atoms with Crippen LogP contribution in [0.5, 0.6) is 0 Å². The fraction of sp³-hybridized carbons (Fsp3) is 0.800. The zero-order valence-electron chi connectivity index (χ0n) is 9.69. The first-order valence-electron chi connectivity index (χ1n) is 5.59. The summed E-state index contributed by atoms with van der Waals surface area (Å²) in [5.74, 6) is 0. The lowest BCUT2D eigenvalue weighted by Gasteiger charge is -2.36. The molecule has 2 heterocycles. The van der Waals surface area contributed by atoms with Crippen molar-refractivity contribution in [2.24, 2.45) is 0 Å². The molecule has 0 aliphatic carbocycles. The van der Waals surface area contributed by atoms with Crippen LogP contribution in [0.1, 0.15) is 18.9 Å². The minimum atomic E-state index is 0.538. The molecule has 0 spiro atoms. The van der Waals surface area contributed by atoms with Crippen LogP contribution in [0.2, 0.25) is 4.47 Å². The summed E-state index contributed by atoms with van der Waals surface area (Å²) in [5, 5.41) is 8.88. The molecule has 0 aromatic carbocycles. The molecule has 1 aromatic rings. The highest BCUT2D eigenvalue weighted by Gasteiger charge is 2.19. The average Bonchev–Trinajstić information content (AvgIpc) is 2.65. The molecule has 0 bridgehead atoms. The molecule has 0 atom stereocenters. The minimum absolute atomic E-state index is 0.538. The van der Waals surface area contributed by atoms with Crippen LogP contribution in [0.4, 0.5) is 0 Å². The van der Waals surface area contributed by atoms with Crippen molar-refractivity contribution < 1.29 is 0 Å². The van der Waals surface area contributed by atoms with Crippen LogP contribution < -0.4 is 0 Å². The van der Waals surface area contributed by atoms with E-state index >= 15 is 0 Å². The van der Waals surface area contributed by atoms with Gasteiger partial charge in [-0.1, -0.05) is 11.3 Å². The van der Waals surface area contributed by atoms with Gasteiger partial charge in [-0.3, -0.25) is 9.80 Å². The van der Waals surface area contributed by atoms with E-state index in [4.69, 9.17) is 11.6 Å². The maximum absolute atomic E-state index is 5.76. The van der Waals surface area contributed by atoms with Gasteiger partial charge in [0, 0.05) is 32.2 Å². The Labute approximate surface area is 105 Å². The molecule has 0 radical (unpaired) electrons. The Bertz CT molecular complexity index is 333. The first kappa shape index (κ1) is 12.2. The molecule has 2 rings (SSSR count). The van der Waals surface area contributed by atoms with E-state index in [0.29, 0.717) is 10.5 Å². The highest BCUT2D eigenvalue weighted by Crippen LogP contribution is 2.17. The zero-order valence-corrected chi connectivity index (χ0v) is 11.3. The maximum atomic E-state index is 5.76. The molecular formula is C10H17ClN4S. The van der Waals surface area contributed by atoms with Crippen molar-refractivity contribution in [3.8, 4) is 0 Å². The van der Waals surface area contributed by atoms with E-state index in [9.17, 15) is 0 Å². The van der Waals surface area contributed by atoms with Crippen LogP contribution in [-0.4, -0.2) is 52.2 Å². The quantitative estimate of drug-likeness (QED) is 0.829. The molecule has 6 heteroatoms. The zero-order chi connectivity index (χ0) is 11.5.